The standard InChI is InChI=1S/C13H27Cl2OP/c1-4-7-8-9-10-12(5-2)13(6-3)11-17(14,15)16/h12-13H,4-11H2,1-3H3. The van der Waals surface area contributed by atoms with Crippen molar-refractivity contribution in [3.63, 3.8) is 0 Å². The van der Waals surface area contributed by atoms with Gasteiger partial charge in [0.2, 0.25) is 0 Å². The van der Waals surface area contributed by atoms with Crippen LogP contribution in [0, 0.1) is 11.8 Å². The zero-order valence-electron chi connectivity index (χ0n) is 11.4. The Hall–Kier alpha value is 0.810. The highest BCUT2D eigenvalue weighted by atomic mass is 35.9. The molecule has 0 amide bonds. The molecule has 0 aromatic carbocycles. The molecule has 2 unspecified atom stereocenters. The fourth-order valence-corrected chi connectivity index (χ4v) is 4.66. The zero-order chi connectivity index (χ0) is 13.3. The van der Waals surface area contributed by atoms with E-state index in [2.05, 4.69) is 20.8 Å². The molecule has 0 fully saturated rings. The van der Waals surface area contributed by atoms with Crippen LogP contribution < -0.4 is 0 Å². The number of hydrogen-bond acceptors (Lipinski definition) is 1. The first kappa shape index (κ1) is 17.8. The Morgan fingerprint density at radius 2 is 1.53 bits per heavy atom. The van der Waals surface area contributed by atoms with Gasteiger partial charge in [-0.15, -0.1) is 0 Å². The maximum Gasteiger partial charge on any atom is 0.253 e. The van der Waals surface area contributed by atoms with Crippen molar-refractivity contribution in [2.45, 2.75) is 65.7 Å². The Morgan fingerprint density at radius 3 is 1.94 bits per heavy atom. The molecule has 0 N–H and O–H groups in total. The Morgan fingerprint density at radius 1 is 0.941 bits per heavy atom. The second-order valence-electron chi connectivity index (χ2n) is 4.94. The van der Waals surface area contributed by atoms with Crippen LogP contribution in [-0.2, 0) is 4.57 Å². The van der Waals surface area contributed by atoms with E-state index in [1.165, 1.54) is 32.1 Å². The summed E-state index contributed by atoms with van der Waals surface area (Å²) >= 11 is 11.4. The summed E-state index contributed by atoms with van der Waals surface area (Å²) in [6, 6.07) is 0. The fraction of sp³-hybridized carbons (Fsp3) is 1.00. The van der Waals surface area contributed by atoms with Crippen molar-refractivity contribution in [3.8, 4) is 0 Å². The summed E-state index contributed by atoms with van der Waals surface area (Å²) in [5.74, 6) is -1.86. The number of hydrogen-bond donors (Lipinski definition) is 0. The highest BCUT2D eigenvalue weighted by molar-refractivity contribution is 8.08. The Kier molecular flexibility index (Phi) is 10.2. The molecule has 4 heteroatoms. The van der Waals surface area contributed by atoms with Crippen LogP contribution >= 0.6 is 28.3 Å². The summed E-state index contributed by atoms with van der Waals surface area (Å²) < 4.78 is 11.5. The van der Waals surface area contributed by atoms with E-state index in [0.717, 1.165) is 12.8 Å². The van der Waals surface area contributed by atoms with Crippen LogP contribution in [0.15, 0.2) is 0 Å². The Bertz CT molecular complexity index is 227. The smallest absolute Gasteiger partial charge is 0.253 e. The summed E-state index contributed by atoms with van der Waals surface area (Å²) in [4.78, 5) is 0. The summed E-state index contributed by atoms with van der Waals surface area (Å²) in [7, 11) is 0. The van der Waals surface area contributed by atoms with Crippen LogP contribution in [0.25, 0.3) is 0 Å². The van der Waals surface area contributed by atoms with E-state index in [1.807, 2.05) is 0 Å². The van der Waals surface area contributed by atoms with Gasteiger partial charge >= 0.3 is 0 Å². The molecule has 0 aromatic rings. The molecule has 0 saturated carbocycles. The Balaban J connectivity index is 4.14. The van der Waals surface area contributed by atoms with Gasteiger partial charge in [-0.2, -0.15) is 0 Å². The van der Waals surface area contributed by atoms with E-state index in [1.54, 1.807) is 0 Å². The molecular formula is C13H27Cl2OP. The molecule has 0 aliphatic carbocycles. The lowest BCUT2D eigenvalue weighted by molar-refractivity contribution is 0.309. The molecule has 1 nitrogen and oxygen atoms in total. The molecule has 2 atom stereocenters. The largest absolute Gasteiger partial charge is 0.289 e. The summed E-state index contributed by atoms with van der Waals surface area (Å²) in [6.07, 6.45) is 9.04. The predicted octanol–water partition coefficient (Wildman–Crippen LogP) is 6.68. The van der Waals surface area contributed by atoms with Crippen LogP contribution in [0.1, 0.15) is 65.7 Å². The van der Waals surface area contributed by atoms with Gasteiger partial charge in [-0.3, -0.25) is 4.57 Å². The lowest BCUT2D eigenvalue weighted by atomic mass is 9.85. The third-order valence-corrected chi connectivity index (χ3v) is 5.31. The first-order chi connectivity index (χ1) is 7.94. The van der Waals surface area contributed by atoms with Crippen molar-refractivity contribution < 1.29 is 4.57 Å². The third-order valence-electron chi connectivity index (χ3n) is 3.59. The molecule has 0 aliphatic rings. The van der Waals surface area contributed by atoms with E-state index in [0.29, 0.717) is 18.0 Å². The quantitative estimate of drug-likeness (QED) is 0.325. The van der Waals surface area contributed by atoms with Gasteiger partial charge in [0.25, 0.3) is 5.85 Å². The van der Waals surface area contributed by atoms with E-state index in [4.69, 9.17) is 22.5 Å². The SMILES string of the molecule is CCCCCCC(CC)C(CC)CP(=O)(Cl)Cl. The van der Waals surface area contributed by atoms with Crippen molar-refractivity contribution in [3.05, 3.63) is 0 Å². The van der Waals surface area contributed by atoms with Crippen LogP contribution in [0.3, 0.4) is 0 Å². The average Bonchev–Trinajstić information content (AvgIpc) is 2.25. The zero-order valence-corrected chi connectivity index (χ0v) is 13.8. The Labute approximate surface area is 117 Å². The first-order valence-electron chi connectivity index (χ1n) is 6.92. The second-order valence-corrected chi connectivity index (χ2v) is 10.2. The second kappa shape index (κ2) is 9.70. The van der Waals surface area contributed by atoms with Gasteiger partial charge in [0.15, 0.2) is 0 Å². The van der Waals surface area contributed by atoms with Gasteiger partial charge in [-0.05, 0) is 34.3 Å². The minimum absolute atomic E-state index is 0.419. The predicted molar refractivity (Wildman–Crippen MR) is 80.5 cm³/mol. The van der Waals surface area contributed by atoms with Crippen molar-refractivity contribution >= 4 is 28.3 Å². The highest BCUT2D eigenvalue weighted by Gasteiger charge is 2.25. The van der Waals surface area contributed by atoms with Crippen molar-refractivity contribution in [2.24, 2.45) is 11.8 Å². The van der Waals surface area contributed by atoms with Gasteiger partial charge in [0.1, 0.15) is 0 Å². The first-order valence-corrected chi connectivity index (χ1v) is 10.6. The van der Waals surface area contributed by atoms with Gasteiger partial charge in [-0.25, -0.2) is 0 Å². The van der Waals surface area contributed by atoms with Gasteiger partial charge in [0, 0.05) is 6.16 Å². The maximum atomic E-state index is 11.5. The minimum atomic E-state index is -2.91. The average molecular weight is 301 g/mol. The molecule has 0 aromatic heterocycles. The lowest BCUT2D eigenvalue weighted by Crippen LogP contribution is -2.16. The summed E-state index contributed by atoms with van der Waals surface area (Å²) in [5, 5.41) is 0. The van der Waals surface area contributed by atoms with E-state index in [9.17, 15) is 4.57 Å². The van der Waals surface area contributed by atoms with Gasteiger partial charge < -0.3 is 0 Å². The van der Waals surface area contributed by atoms with E-state index < -0.39 is 5.85 Å². The van der Waals surface area contributed by atoms with E-state index in [-0.39, 0.29) is 0 Å². The summed E-state index contributed by atoms with van der Waals surface area (Å²) in [6.45, 7) is 6.58. The molecule has 0 saturated heterocycles. The van der Waals surface area contributed by atoms with Gasteiger partial charge in [-0.1, -0.05) is 65.7 Å². The van der Waals surface area contributed by atoms with E-state index >= 15 is 0 Å². The number of unbranched alkanes of at least 4 members (excludes halogenated alkanes) is 3. The number of halogens is 2. The molecule has 104 valence electrons. The van der Waals surface area contributed by atoms with Crippen LogP contribution in [-0.4, -0.2) is 6.16 Å². The molecule has 0 radical (unpaired) electrons. The topological polar surface area (TPSA) is 17.1 Å². The fourth-order valence-electron chi connectivity index (χ4n) is 2.49. The molecule has 0 spiro atoms. The normalized spacial score (nSPS) is 15.8. The molecule has 0 heterocycles. The van der Waals surface area contributed by atoms with Crippen molar-refractivity contribution in [2.75, 3.05) is 6.16 Å². The van der Waals surface area contributed by atoms with Crippen molar-refractivity contribution in [1.29, 1.82) is 0 Å². The molecule has 17 heavy (non-hydrogen) atoms. The van der Waals surface area contributed by atoms with Crippen LogP contribution in [0.4, 0.5) is 0 Å². The lowest BCUT2D eigenvalue weighted by Gasteiger charge is -2.25. The molecular weight excluding hydrogens is 274 g/mol. The van der Waals surface area contributed by atoms with Crippen LogP contribution in [0.2, 0.25) is 0 Å². The van der Waals surface area contributed by atoms with Gasteiger partial charge in [0.05, 0.1) is 0 Å². The molecule has 0 rings (SSSR count). The maximum absolute atomic E-state index is 11.5. The third kappa shape index (κ3) is 9.40. The minimum Gasteiger partial charge on any atom is -0.289 e. The monoisotopic (exact) mass is 300 g/mol. The number of rotatable bonds is 10. The van der Waals surface area contributed by atoms with Crippen LogP contribution in [0.5, 0.6) is 0 Å². The molecule has 0 aliphatic heterocycles. The highest BCUT2D eigenvalue weighted by Crippen LogP contribution is 2.59. The summed E-state index contributed by atoms with van der Waals surface area (Å²) in [5.41, 5.74) is 0. The van der Waals surface area contributed by atoms with Crippen molar-refractivity contribution in [1.82, 2.24) is 0 Å². The molecule has 0 bridgehead atoms.